The monoisotopic (exact) mass is 320 g/mol. The second-order valence-electron chi connectivity index (χ2n) is 6.85. The summed E-state index contributed by atoms with van der Waals surface area (Å²) in [5.74, 6) is 0. The minimum Gasteiger partial charge on any atom is -0.0654 e. The van der Waals surface area contributed by atoms with E-state index < -0.39 is 0 Å². The summed E-state index contributed by atoms with van der Waals surface area (Å²) in [5, 5.41) is 1.29. The molecule has 0 aromatic carbocycles. The molecule has 134 valence electrons. The third-order valence-electron chi connectivity index (χ3n) is 4.40. The van der Waals surface area contributed by atoms with Crippen LogP contribution in [-0.2, 0) is 9.47 Å². The quantitative estimate of drug-likeness (QED) is 0.155. The van der Waals surface area contributed by atoms with Crippen LogP contribution >= 0.6 is 0 Å². The van der Waals surface area contributed by atoms with Crippen LogP contribution in [0.25, 0.3) is 0 Å². The normalized spacial score (nSPS) is 11.5. The molecule has 0 fully saturated rings. The molecule has 0 rings (SSSR count). The summed E-state index contributed by atoms with van der Waals surface area (Å²) in [6.07, 6.45) is 18.0. The Morgan fingerprint density at radius 3 is 1.57 bits per heavy atom. The van der Waals surface area contributed by atoms with Gasteiger partial charge in [0.1, 0.15) is 0 Å². The summed E-state index contributed by atoms with van der Waals surface area (Å²) < 4.78 is 12.0. The molecule has 0 N–H and O–H groups in total. The van der Waals surface area contributed by atoms with Crippen LogP contribution in [0.2, 0.25) is 5.09 Å². The second-order valence-corrected chi connectivity index (χ2v) is 6.85. The molecule has 0 radical (unpaired) electrons. The molecule has 3 heteroatoms. The Morgan fingerprint density at radius 2 is 1.09 bits per heavy atom. The molecule has 0 amide bonds. The standard InChI is InChI=1S/C20H41O2.Li/c1-4-7-10-12-15-18-21-20(17-14-9-6-3)22-19-16-13-11-8-5-2;/h20H,3-19H2,1-2H3;. The molecule has 0 unspecified atom stereocenters. The predicted molar refractivity (Wildman–Crippen MR) is 102 cm³/mol. The number of hydrogen-bond donors (Lipinski definition) is 0. The first-order valence-electron chi connectivity index (χ1n) is 10.6. The Hall–Kier alpha value is 0.517. The third kappa shape index (κ3) is 18.7. The fourth-order valence-electron chi connectivity index (χ4n) is 2.79. The summed E-state index contributed by atoms with van der Waals surface area (Å²) in [6.45, 7) is 6.27. The van der Waals surface area contributed by atoms with Crippen LogP contribution in [0.1, 0.15) is 104 Å². The van der Waals surface area contributed by atoms with Gasteiger partial charge in [-0.3, -0.25) is 0 Å². The molecule has 0 aliphatic heterocycles. The van der Waals surface area contributed by atoms with Gasteiger partial charge in [-0.05, 0) is 0 Å². The average molecular weight is 320 g/mol. The first-order valence-corrected chi connectivity index (χ1v) is 10.6. The third-order valence-corrected chi connectivity index (χ3v) is 4.40. The molecule has 0 saturated carbocycles. The van der Waals surface area contributed by atoms with E-state index in [-0.39, 0.29) is 6.29 Å². The number of unbranched alkanes of at least 4 members (excludes halogenated alkanes) is 10. The van der Waals surface area contributed by atoms with Crippen molar-refractivity contribution in [2.45, 2.75) is 115 Å². The summed E-state index contributed by atoms with van der Waals surface area (Å²) in [6, 6.07) is 0. The first kappa shape index (κ1) is 23.5. The molecular weight excluding hydrogens is 279 g/mol. The van der Waals surface area contributed by atoms with Crippen molar-refractivity contribution in [1.29, 1.82) is 0 Å². The number of rotatable bonds is 19. The molecule has 23 heavy (non-hydrogen) atoms. The topological polar surface area (TPSA) is 18.5 Å². The van der Waals surface area contributed by atoms with Crippen molar-refractivity contribution in [3.63, 3.8) is 0 Å². The summed E-state index contributed by atoms with van der Waals surface area (Å²) in [7, 11) is 0. The first-order chi connectivity index (χ1) is 11.3. The van der Waals surface area contributed by atoms with Crippen molar-refractivity contribution in [1.82, 2.24) is 0 Å². The van der Waals surface area contributed by atoms with E-state index in [0.717, 1.165) is 19.6 Å². The van der Waals surface area contributed by atoms with Gasteiger partial charge in [0, 0.05) is 0 Å². The Labute approximate surface area is 155 Å². The van der Waals surface area contributed by atoms with Gasteiger partial charge in [0.05, 0.1) is 0 Å². The minimum atomic E-state index is 0.0456. The fraction of sp³-hybridized carbons (Fsp3) is 1.00. The van der Waals surface area contributed by atoms with Crippen molar-refractivity contribution in [2.24, 2.45) is 0 Å². The van der Waals surface area contributed by atoms with Crippen LogP contribution in [0.15, 0.2) is 0 Å². The minimum absolute atomic E-state index is 0.0456. The van der Waals surface area contributed by atoms with Gasteiger partial charge in [0.25, 0.3) is 0 Å². The van der Waals surface area contributed by atoms with Crippen LogP contribution in [0.3, 0.4) is 0 Å². The summed E-state index contributed by atoms with van der Waals surface area (Å²) in [5.41, 5.74) is 0. The maximum atomic E-state index is 6.01. The van der Waals surface area contributed by atoms with Gasteiger partial charge in [-0.25, -0.2) is 0 Å². The summed E-state index contributed by atoms with van der Waals surface area (Å²) >= 11 is 2.26. The molecule has 0 aromatic rings. The zero-order valence-electron chi connectivity index (χ0n) is 16.4. The molecule has 0 aliphatic carbocycles. The molecule has 0 spiro atoms. The smallest absolute Gasteiger partial charge is 0.0654 e. The van der Waals surface area contributed by atoms with Crippen LogP contribution in [0.5, 0.6) is 0 Å². The van der Waals surface area contributed by atoms with Crippen molar-refractivity contribution >= 4 is 17.7 Å². The van der Waals surface area contributed by atoms with Gasteiger partial charge >= 0.3 is 129 Å². The zero-order chi connectivity index (χ0) is 17.0. The van der Waals surface area contributed by atoms with E-state index in [1.54, 1.807) is 0 Å². The molecule has 0 aliphatic rings. The molecule has 2 nitrogen and oxygen atoms in total. The molecule has 0 aromatic heterocycles. The Balaban J connectivity index is 3.70. The van der Waals surface area contributed by atoms with Crippen molar-refractivity contribution in [3.8, 4) is 0 Å². The summed E-state index contributed by atoms with van der Waals surface area (Å²) in [4.78, 5) is 0. The number of hydrogen-bond acceptors (Lipinski definition) is 2. The maximum absolute atomic E-state index is 6.01. The SMILES string of the molecule is [Li][CH2]CCCCC(OCCCCCCC)OCCCCCCC. The molecule has 0 bridgehead atoms. The van der Waals surface area contributed by atoms with E-state index in [2.05, 4.69) is 31.6 Å². The van der Waals surface area contributed by atoms with Crippen LogP contribution in [-0.4, -0.2) is 37.2 Å². The number of ether oxygens (including phenoxy) is 2. The van der Waals surface area contributed by atoms with E-state index in [1.807, 2.05) is 0 Å². The van der Waals surface area contributed by atoms with E-state index in [4.69, 9.17) is 9.47 Å². The molecule has 0 heterocycles. The van der Waals surface area contributed by atoms with Gasteiger partial charge in [-0.1, -0.05) is 26.7 Å². The van der Waals surface area contributed by atoms with Crippen LogP contribution in [0, 0.1) is 0 Å². The van der Waals surface area contributed by atoms with E-state index in [0.29, 0.717) is 0 Å². The van der Waals surface area contributed by atoms with E-state index in [9.17, 15) is 0 Å². The van der Waals surface area contributed by atoms with Gasteiger partial charge in [-0.15, -0.1) is 0 Å². The Morgan fingerprint density at radius 1 is 0.609 bits per heavy atom. The van der Waals surface area contributed by atoms with E-state index >= 15 is 0 Å². The van der Waals surface area contributed by atoms with Crippen molar-refractivity contribution < 1.29 is 9.47 Å². The van der Waals surface area contributed by atoms with Crippen LogP contribution in [0.4, 0.5) is 0 Å². The average Bonchev–Trinajstić information content (AvgIpc) is 2.57. The zero-order valence-corrected chi connectivity index (χ0v) is 16.4. The van der Waals surface area contributed by atoms with Gasteiger partial charge in [-0.2, -0.15) is 0 Å². The Bertz CT molecular complexity index is 196. The second kappa shape index (κ2) is 20.6. The van der Waals surface area contributed by atoms with Crippen molar-refractivity contribution in [2.75, 3.05) is 13.2 Å². The fourth-order valence-corrected chi connectivity index (χ4v) is 2.79. The molecule has 0 atom stereocenters. The molecule has 0 saturated heterocycles. The van der Waals surface area contributed by atoms with E-state index in [1.165, 1.54) is 88.6 Å². The van der Waals surface area contributed by atoms with Gasteiger partial charge in [0.15, 0.2) is 0 Å². The molecular formula is C20H41LiO2. The van der Waals surface area contributed by atoms with Crippen molar-refractivity contribution in [3.05, 3.63) is 0 Å². The predicted octanol–water partition coefficient (Wildman–Crippen LogP) is 6.43. The van der Waals surface area contributed by atoms with Gasteiger partial charge < -0.3 is 0 Å². The Kier molecular flexibility index (Phi) is 21.0. The van der Waals surface area contributed by atoms with Gasteiger partial charge in [0.2, 0.25) is 0 Å². The van der Waals surface area contributed by atoms with Crippen LogP contribution < -0.4 is 0 Å².